The molecule has 1 unspecified atom stereocenters. The van der Waals surface area contributed by atoms with Crippen LogP contribution in [0.5, 0.6) is 0 Å². The van der Waals surface area contributed by atoms with Crippen molar-refractivity contribution in [2.24, 2.45) is 5.73 Å². The second-order valence-electron chi connectivity index (χ2n) is 4.43. The minimum atomic E-state index is -0.246. The average Bonchev–Trinajstić information content (AvgIpc) is 2.86. The molecule has 0 aliphatic heterocycles. The van der Waals surface area contributed by atoms with Gasteiger partial charge in [0.1, 0.15) is 0 Å². The molecule has 4 heteroatoms. The number of carbonyl (C=O) groups excluding carboxylic acids is 1. The molecule has 1 rings (SSSR count). The molecule has 14 heavy (non-hydrogen) atoms. The summed E-state index contributed by atoms with van der Waals surface area (Å²) in [6.07, 6.45) is 2.35. The van der Waals surface area contributed by atoms with Crippen LogP contribution >= 0.6 is 0 Å². The molecule has 0 heterocycles. The van der Waals surface area contributed by atoms with E-state index in [0.717, 1.165) is 0 Å². The van der Waals surface area contributed by atoms with Crippen LogP contribution in [0.25, 0.3) is 0 Å². The predicted octanol–water partition coefficient (Wildman–Crippen LogP) is -0.0675. The van der Waals surface area contributed by atoms with Gasteiger partial charge < -0.3 is 16.0 Å². The Morgan fingerprint density at radius 3 is 2.50 bits per heavy atom. The molecule has 1 atom stereocenters. The molecular weight excluding hydrogens is 178 g/mol. The number of primary amides is 1. The lowest BCUT2D eigenvalue weighted by Crippen LogP contribution is -2.50. The fraction of sp³-hybridized carbons (Fsp3) is 0.900. The van der Waals surface area contributed by atoms with E-state index in [1.807, 2.05) is 7.05 Å². The molecule has 0 aromatic carbocycles. The molecule has 4 nitrogen and oxygen atoms in total. The first kappa shape index (κ1) is 11.5. The van der Waals surface area contributed by atoms with E-state index in [1.165, 1.54) is 12.8 Å². The maximum absolute atomic E-state index is 11.2. The monoisotopic (exact) mass is 199 g/mol. The van der Waals surface area contributed by atoms with Crippen LogP contribution in [-0.2, 0) is 4.79 Å². The van der Waals surface area contributed by atoms with Crippen LogP contribution in [0.2, 0.25) is 0 Å². The smallest absolute Gasteiger partial charge is 0.235 e. The van der Waals surface area contributed by atoms with E-state index in [9.17, 15) is 4.79 Å². The minimum Gasteiger partial charge on any atom is -0.368 e. The van der Waals surface area contributed by atoms with Crippen molar-refractivity contribution in [2.45, 2.75) is 44.8 Å². The summed E-state index contributed by atoms with van der Waals surface area (Å²) in [5.74, 6) is -0.246. The minimum absolute atomic E-state index is 0.199. The SMILES string of the molecule is CC(C)N(C)CC(NC1CC1)C(N)=O. The Labute approximate surface area is 85.8 Å². The maximum Gasteiger partial charge on any atom is 0.235 e. The Morgan fingerprint density at radius 1 is 1.57 bits per heavy atom. The van der Waals surface area contributed by atoms with Gasteiger partial charge in [0.25, 0.3) is 0 Å². The zero-order chi connectivity index (χ0) is 10.7. The molecule has 1 fully saturated rings. The number of nitrogens with zero attached hydrogens (tertiary/aromatic N) is 1. The highest BCUT2D eigenvalue weighted by Crippen LogP contribution is 2.19. The van der Waals surface area contributed by atoms with Crippen LogP contribution < -0.4 is 11.1 Å². The van der Waals surface area contributed by atoms with Gasteiger partial charge in [0, 0.05) is 18.6 Å². The number of amides is 1. The molecule has 0 aromatic heterocycles. The van der Waals surface area contributed by atoms with Crippen molar-refractivity contribution in [2.75, 3.05) is 13.6 Å². The van der Waals surface area contributed by atoms with E-state index < -0.39 is 0 Å². The summed E-state index contributed by atoms with van der Waals surface area (Å²) in [5, 5.41) is 3.26. The quantitative estimate of drug-likeness (QED) is 0.629. The first-order valence-electron chi connectivity index (χ1n) is 5.26. The molecule has 1 aliphatic carbocycles. The Bertz CT molecular complexity index is 202. The van der Waals surface area contributed by atoms with Gasteiger partial charge in [0.15, 0.2) is 0 Å². The Kier molecular flexibility index (Phi) is 3.89. The third kappa shape index (κ3) is 3.64. The fourth-order valence-corrected chi connectivity index (χ4v) is 1.26. The number of hydrogen-bond acceptors (Lipinski definition) is 3. The van der Waals surface area contributed by atoms with Crippen LogP contribution in [0.4, 0.5) is 0 Å². The summed E-state index contributed by atoms with van der Waals surface area (Å²) in [4.78, 5) is 13.3. The molecule has 82 valence electrons. The highest BCUT2D eigenvalue weighted by atomic mass is 16.1. The molecule has 3 N–H and O–H groups in total. The number of hydrogen-bond donors (Lipinski definition) is 2. The van der Waals surface area contributed by atoms with Crippen molar-refractivity contribution in [3.63, 3.8) is 0 Å². The lowest BCUT2D eigenvalue weighted by molar-refractivity contribution is -0.120. The van der Waals surface area contributed by atoms with Crippen molar-refractivity contribution in [1.82, 2.24) is 10.2 Å². The molecule has 1 saturated carbocycles. The number of rotatable bonds is 6. The topological polar surface area (TPSA) is 58.4 Å². The third-order valence-corrected chi connectivity index (χ3v) is 2.71. The molecule has 0 bridgehead atoms. The van der Waals surface area contributed by atoms with Gasteiger partial charge in [0.2, 0.25) is 5.91 Å². The Balaban J connectivity index is 2.37. The first-order valence-corrected chi connectivity index (χ1v) is 5.26. The van der Waals surface area contributed by atoms with Crippen LogP contribution in [0.1, 0.15) is 26.7 Å². The average molecular weight is 199 g/mol. The van der Waals surface area contributed by atoms with E-state index in [1.54, 1.807) is 0 Å². The number of nitrogens with one attached hydrogen (secondary N) is 1. The van der Waals surface area contributed by atoms with Gasteiger partial charge >= 0.3 is 0 Å². The number of nitrogens with two attached hydrogens (primary N) is 1. The second kappa shape index (κ2) is 4.75. The second-order valence-corrected chi connectivity index (χ2v) is 4.43. The highest BCUT2D eigenvalue weighted by molar-refractivity contribution is 5.80. The van der Waals surface area contributed by atoms with Gasteiger partial charge in [-0.05, 0) is 33.7 Å². The van der Waals surface area contributed by atoms with Gasteiger partial charge in [-0.1, -0.05) is 0 Å². The van der Waals surface area contributed by atoms with Crippen molar-refractivity contribution >= 4 is 5.91 Å². The number of carbonyl (C=O) groups is 1. The molecular formula is C10H21N3O. The van der Waals surface area contributed by atoms with Crippen molar-refractivity contribution in [3.05, 3.63) is 0 Å². The first-order chi connectivity index (χ1) is 6.50. The molecule has 0 radical (unpaired) electrons. The van der Waals surface area contributed by atoms with Crippen LogP contribution in [0.3, 0.4) is 0 Å². The summed E-state index contributed by atoms with van der Waals surface area (Å²) >= 11 is 0. The van der Waals surface area contributed by atoms with Gasteiger partial charge in [-0.15, -0.1) is 0 Å². The lowest BCUT2D eigenvalue weighted by atomic mass is 10.2. The van der Waals surface area contributed by atoms with E-state index in [-0.39, 0.29) is 11.9 Å². The zero-order valence-electron chi connectivity index (χ0n) is 9.29. The van der Waals surface area contributed by atoms with Gasteiger partial charge in [0.05, 0.1) is 6.04 Å². The standard InChI is InChI=1S/C10H21N3O/c1-7(2)13(3)6-9(10(11)14)12-8-4-5-8/h7-9,12H,4-6H2,1-3H3,(H2,11,14). The summed E-state index contributed by atoms with van der Waals surface area (Å²) < 4.78 is 0. The summed E-state index contributed by atoms with van der Waals surface area (Å²) in [5.41, 5.74) is 5.33. The predicted molar refractivity (Wildman–Crippen MR) is 56.9 cm³/mol. The van der Waals surface area contributed by atoms with Gasteiger partial charge in [-0.3, -0.25) is 4.79 Å². The van der Waals surface area contributed by atoms with Crippen molar-refractivity contribution < 1.29 is 4.79 Å². The molecule has 1 aliphatic rings. The number of likely N-dealkylation sites (N-methyl/N-ethyl adjacent to an activating group) is 1. The molecule has 0 aromatic rings. The molecule has 0 spiro atoms. The normalized spacial score (nSPS) is 18.9. The van der Waals surface area contributed by atoms with Gasteiger partial charge in [-0.25, -0.2) is 0 Å². The fourth-order valence-electron chi connectivity index (χ4n) is 1.26. The van der Waals surface area contributed by atoms with Gasteiger partial charge in [-0.2, -0.15) is 0 Å². The van der Waals surface area contributed by atoms with Crippen molar-refractivity contribution in [3.8, 4) is 0 Å². The summed E-state index contributed by atoms with van der Waals surface area (Å²) in [6.45, 7) is 4.91. The van der Waals surface area contributed by atoms with E-state index in [4.69, 9.17) is 5.73 Å². The van der Waals surface area contributed by atoms with Crippen molar-refractivity contribution in [1.29, 1.82) is 0 Å². The van der Waals surface area contributed by atoms with E-state index in [0.29, 0.717) is 18.6 Å². The third-order valence-electron chi connectivity index (χ3n) is 2.71. The van der Waals surface area contributed by atoms with E-state index in [2.05, 4.69) is 24.1 Å². The van der Waals surface area contributed by atoms with Crippen LogP contribution in [0, 0.1) is 0 Å². The Morgan fingerprint density at radius 2 is 2.14 bits per heavy atom. The van der Waals surface area contributed by atoms with Crippen LogP contribution in [-0.4, -0.2) is 42.5 Å². The molecule has 1 amide bonds. The summed E-state index contributed by atoms with van der Waals surface area (Å²) in [7, 11) is 2.01. The largest absolute Gasteiger partial charge is 0.368 e. The highest BCUT2D eigenvalue weighted by Gasteiger charge is 2.28. The Hall–Kier alpha value is -0.610. The zero-order valence-corrected chi connectivity index (χ0v) is 9.29. The maximum atomic E-state index is 11.2. The molecule has 0 saturated heterocycles. The lowest BCUT2D eigenvalue weighted by Gasteiger charge is -2.25. The summed E-state index contributed by atoms with van der Waals surface area (Å²) in [6, 6.07) is 0.765. The van der Waals surface area contributed by atoms with E-state index >= 15 is 0 Å². The van der Waals surface area contributed by atoms with Crippen LogP contribution in [0.15, 0.2) is 0 Å².